The number of anilines is 1. The minimum atomic E-state index is -0.951. The van der Waals surface area contributed by atoms with Gasteiger partial charge in [-0.1, -0.05) is 110 Å². The normalized spacial score (nSPS) is 20.8. The van der Waals surface area contributed by atoms with Crippen LogP contribution in [0.2, 0.25) is 5.82 Å². The lowest BCUT2D eigenvalue weighted by Crippen LogP contribution is -2.54. The number of piperazine rings is 1. The first-order valence-corrected chi connectivity index (χ1v) is 22.7. The molecular weight excluding hydrogens is 757 g/mol. The number of hydrogen-bond donors (Lipinski definition) is 1. The molecule has 9 nitrogen and oxygen atoms in total. The van der Waals surface area contributed by atoms with Crippen LogP contribution in [0.4, 0.5) is 5.69 Å². The number of hydrogen-bond acceptors (Lipinski definition) is 7. The first kappa shape index (κ1) is 41.1. The molecule has 1 atom stereocenters. The molecule has 313 valence electrons. The highest BCUT2D eigenvalue weighted by atomic mass is 16.2. The van der Waals surface area contributed by atoms with Gasteiger partial charge in [-0.15, -0.1) is 0 Å². The Hall–Kier alpha value is -5.32. The van der Waals surface area contributed by atoms with Gasteiger partial charge < -0.3 is 9.80 Å². The van der Waals surface area contributed by atoms with Crippen molar-refractivity contribution < 1.29 is 19.2 Å². The molecule has 4 aliphatic heterocycles. The molecule has 9 rings (SSSR count). The van der Waals surface area contributed by atoms with Gasteiger partial charge in [0.25, 0.3) is 11.8 Å². The van der Waals surface area contributed by atoms with Gasteiger partial charge in [0, 0.05) is 44.3 Å². The summed E-state index contributed by atoms with van der Waals surface area (Å²) in [4.78, 5) is 59.3. The van der Waals surface area contributed by atoms with E-state index in [1.807, 2.05) is 12.1 Å². The van der Waals surface area contributed by atoms with Crippen molar-refractivity contribution in [3.05, 3.63) is 130 Å². The first-order chi connectivity index (χ1) is 29.8. The molecule has 4 aromatic carbocycles. The van der Waals surface area contributed by atoms with Gasteiger partial charge in [0.15, 0.2) is 7.28 Å². The molecule has 4 amide bonds. The third-order valence-corrected chi connectivity index (χ3v) is 13.6. The van der Waals surface area contributed by atoms with Crippen LogP contribution in [0.25, 0.3) is 11.1 Å². The maximum atomic E-state index is 13.4. The predicted molar refractivity (Wildman–Crippen MR) is 243 cm³/mol. The fraction of sp³-hybridized carbons (Fsp3) is 0.412. The summed E-state index contributed by atoms with van der Waals surface area (Å²) in [5.74, 6) is -1.12. The number of benzene rings is 4. The maximum Gasteiger partial charge on any atom is 0.262 e. The highest BCUT2D eigenvalue weighted by Crippen LogP contribution is 2.37. The lowest BCUT2D eigenvalue weighted by atomic mass is 9.65. The van der Waals surface area contributed by atoms with Crippen molar-refractivity contribution in [2.75, 3.05) is 50.7 Å². The number of piperidine rings is 2. The van der Waals surface area contributed by atoms with Crippen molar-refractivity contribution in [2.24, 2.45) is 0 Å². The molecule has 5 aliphatic rings. The van der Waals surface area contributed by atoms with E-state index in [4.69, 9.17) is 0 Å². The molecule has 1 N–H and O–H groups in total. The van der Waals surface area contributed by atoms with Gasteiger partial charge in [0.1, 0.15) is 6.04 Å². The Kier molecular flexibility index (Phi) is 12.3. The molecule has 0 aromatic heterocycles. The Morgan fingerprint density at radius 1 is 0.689 bits per heavy atom. The van der Waals surface area contributed by atoms with Gasteiger partial charge in [0.05, 0.1) is 11.1 Å². The van der Waals surface area contributed by atoms with E-state index < -0.39 is 23.8 Å². The fourth-order valence-corrected chi connectivity index (χ4v) is 9.99. The van der Waals surface area contributed by atoms with E-state index in [-0.39, 0.29) is 18.7 Å². The van der Waals surface area contributed by atoms with Crippen LogP contribution in [-0.2, 0) is 16.0 Å². The Labute approximate surface area is 361 Å². The smallest absolute Gasteiger partial charge is 0.262 e. The number of unbranched alkanes of at least 4 members (excludes halogenated alkanes) is 1. The minimum Gasteiger partial charge on any atom is -0.369 e. The molecule has 0 bridgehead atoms. The van der Waals surface area contributed by atoms with E-state index in [9.17, 15) is 19.2 Å². The number of aryl methyl sites for hydroxylation is 1. The van der Waals surface area contributed by atoms with E-state index >= 15 is 0 Å². The van der Waals surface area contributed by atoms with E-state index in [0.29, 0.717) is 17.2 Å². The Bertz CT molecular complexity index is 2270. The number of carbonyl (C=O) groups is 4. The minimum absolute atomic E-state index is 0.111. The van der Waals surface area contributed by atoms with Crippen molar-refractivity contribution in [1.82, 2.24) is 20.0 Å². The van der Waals surface area contributed by atoms with Crippen LogP contribution in [0.15, 0.2) is 97.1 Å². The Morgan fingerprint density at radius 2 is 1.38 bits per heavy atom. The molecule has 3 saturated heterocycles. The lowest BCUT2D eigenvalue weighted by molar-refractivity contribution is -0.136. The van der Waals surface area contributed by atoms with Crippen LogP contribution in [0.5, 0.6) is 0 Å². The largest absolute Gasteiger partial charge is 0.369 e. The predicted octanol–water partition coefficient (Wildman–Crippen LogP) is 6.98. The third-order valence-electron chi connectivity index (χ3n) is 13.6. The van der Waals surface area contributed by atoms with Crippen molar-refractivity contribution in [3.63, 3.8) is 0 Å². The standard InChI is InChI=1S/C51H57BN5O4/c1-2-43(36-9-4-3-5-10-36)48(38-15-17-39(18-16-38)52-40-19-20-40)37-13-11-35(12-14-37)8-6-7-27-54-28-25-41(26-29-54)55-30-32-56(33-31-55)42-21-22-44-45(34-42)51(61)57(50(44)60)46-23-24-47(58)53-49(46)59/h3-5,9-18,21-22,34,40-41,46H,2,6-8,19-20,23-33H2,1H3,(H,53,58,59)/b48-43+. The van der Waals surface area contributed by atoms with Gasteiger partial charge in [0.2, 0.25) is 11.8 Å². The number of carbonyl (C=O) groups excluding carboxylic acids is 4. The van der Waals surface area contributed by atoms with Gasteiger partial charge in [-0.05, 0) is 116 Å². The highest BCUT2D eigenvalue weighted by Gasteiger charge is 2.45. The molecule has 10 heteroatoms. The number of fused-ring (bicyclic) bond motifs is 1. The third kappa shape index (κ3) is 9.17. The van der Waals surface area contributed by atoms with Crippen LogP contribution in [0, 0.1) is 0 Å². The molecule has 4 heterocycles. The number of amides is 4. The van der Waals surface area contributed by atoms with Gasteiger partial charge in [-0.25, -0.2) is 0 Å². The summed E-state index contributed by atoms with van der Waals surface area (Å²) in [5.41, 5.74) is 10.9. The summed E-state index contributed by atoms with van der Waals surface area (Å²) in [5, 5.41) is 2.27. The second kappa shape index (κ2) is 18.3. The van der Waals surface area contributed by atoms with Gasteiger partial charge >= 0.3 is 0 Å². The first-order valence-electron chi connectivity index (χ1n) is 22.7. The topological polar surface area (TPSA) is 93.3 Å². The molecule has 4 fully saturated rings. The molecule has 4 aromatic rings. The zero-order valence-electron chi connectivity index (χ0n) is 35.5. The number of allylic oxidation sites excluding steroid dienone is 1. The van der Waals surface area contributed by atoms with Crippen LogP contribution in [-0.4, -0.2) is 104 Å². The zero-order valence-corrected chi connectivity index (χ0v) is 35.5. The van der Waals surface area contributed by atoms with Crippen molar-refractivity contribution in [2.45, 2.75) is 89.0 Å². The van der Waals surface area contributed by atoms with Gasteiger partial charge in [-0.3, -0.25) is 34.3 Å². The van der Waals surface area contributed by atoms with Crippen LogP contribution in [0.1, 0.15) is 108 Å². The SMILES string of the molecule is CC/C(=C(\c1ccc([B]C2CC2)cc1)c1ccc(CCCCN2CCC(N3CCN(c4ccc5c(c4)C(=O)N(C4CCC(=O)NC4=O)C5=O)CC3)CC2)cc1)c1ccccc1. The monoisotopic (exact) mass is 814 g/mol. The maximum absolute atomic E-state index is 13.4. The average molecular weight is 815 g/mol. The molecular formula is C51H57BN5O4. The number of likely N-dealkylation sites (tertiary alicyclic amines) is 1. The van der Waals surface area contributed by atoms with E-state index in [1.165, 1.54) is 77.4 Å². The van der Waals surface area contributed by atoms with Crippen LogP contribution < -0.4 is 15.7 Å². The van der Waals surface area contributed by atoms with E-state index in [0.717, 1.165) is 75.1 Å². The second-order valence-corrected chi connectivity index (χ2v) is 17.6. The fourth-order valence-electron chi connectivity index (χ4n) is 9.99. The molecule has 1 aliphatic carbocycles. The van der Waals surface area contributed by atoms with Crippen molar-refractivity contribution >= 4 is 53.2 Å². The zero-order chi connectivity index (χ0) is 41.9. The molecule has 1 saturated carbocycles. The lowest BCUT2D eigenvalue weighted by Gasteiger charge is -2.43. The van der Waals surface area contributed by atoms with E-state index in [2.05, 4.69) is 113 Å². The number of nitrogens with one attached hydrogen (secondary N) is 1. The van der Waals surface area contributed by atoms with Gasteiger partial charge in [-0.2, -0.15) is 0 Å². The van der Waals surface area contributed by atoms with Crippen molar-refractivity contribution in [1.29, 1.82) is 0 Å². The Morgan fingerprint density at radius 3 is 2.05 bits per heavy atom. The average Bonchev–Trinajstić information content (AvgIpc) is 4.09. The summed E-state index contributed by atoms with van der Waals surface area (Å²) >= 11 is 0. The summed E-state index contributed by atoms with van der Waals surface area (Å²) in [6.45, 7) is 9.34. The summed E-state index contributed by atoms with van der Waals surface area (Å²) < 4.78 is 0. The van der Waals surface area contributed by atoms with E-state index in [1.54, 1.807) is 6.07 Å². The van der Waals surface area contributed by atoms with Crippen molar-refractivity contribution in [3.8, 4) is 0 Å². The Balaban J connectivity index is 0.731. The summed E-state index contributed by atoms with van der Waals surface area (Å²) in [7, 11) is 2.42. The summed E-state index contributed by atoms with van der Waals surface area (Å²) in [6, 6.07) is 34.5. The highest BCUT2D eigenvalue weighted by molar-refractivity contribution is 6.55. The quantitative estimate of drug-likeness (QED) is 0.0636. The van der Waals surface area contributed by atoms with Crippen LogP contribution in [0.3, 0.4) is 0 Å². The summed E-state index contributed by atoms with van der Waals surface area (Å²) in [6.07, 6.45) is 9.74. The molecule has 1 unspecified atom stereocenters. The number of imide groups is 2. The number of rotatable bonds is 14. The molecule has 0 spiro atoms. The molecule has 61 heavy (non-hydrogen) atoms. The van der Waals surface area contributed by atoms with Crippen LogP contribution >= 0.6 is 0 Å². The number of nitrogens with zero attached hydrogens (tertiary/aromatic N) is 4. The second-order valence-electron chi connectivity index (χ2n) is 17.6. The molecule has 1 radical (unpaired) electrons.